The quantitative estimate of drug-likeness (QED) is 0.480. The fourth-order valence-corrected chi connectivity index (χ4v) is 4.21. The van der Waals surface area contributed by atoms with Gasteiger partial charge in [0.05, 0.1) is 25.7 Å². The summed E-state index contributed by atoms with van der Waals surface area (Å²) in [6.45, 7) is 3.05. The van der Waals surface area contributed by atoms with Crippen LogP contribution in [0.15, 0.2) is 46.0 Å². The summed E-state index contributed by atoms with van der Waals surface area (Å²) in [5.74, 6) is 2.71. The van der Waals surface area contributed by atoms with Crippen LogP contribution in [-0.4, -0.2) is 45.7 Å². The zero-order valence-corrected chi connectivity index (χ0v) is 18.2. The molecule has 2 aromatic heterocycles. The van der Waals surface area contributed by atoms with Crippen molar-refractivity contribution in [3.63, 3.8) is 0 Å². The third-order valence-corrected chi connectivity index (χ3v) is 5.93. The van der Waals surface area contributed by atoms with Gasteiger partial charge in [-0.1, -0.05) is 23.4 Å². The molecule has 154 valence electrons. The second-order valence-corrected chi connectivity index (χ2v) is 8.50. The van der Waals surface area contributed by atoms with Crippen molar-refractivity contribution < 1.29 is 9.15 Å². The highest BCUT2D eigenvalue weighted by Gasteiger charge is 2.21. The first-order valence-corrected chi connectivity index (χ1v) is 11.3. The summed E-state index contributed by atoms with van der Waals surface area (Å²) in [6.07, 6.45) is 4.52. The second-order valence-electron chi connectivity index (χ2n) is 7.29. The van der Waals surface area contributed by atoms with Gasteiger partial charge in [-0.05, 0) is 62.5 Å². The first-order valence-electron chi connectivity index (χ1n) is 9.73. The maximum absolute atomic E-state index is 6.03. The number of rotatable bonds is 8. The SMILES string of the molecule is CSc1nnc(CN(C)Cc2ccc(-c3ccc(Cl)cc3)o2)n1CC1CCCO1. The van der Waals surface area contributed by atoms with E-state index in [0.717, 1.165) is 59.1 Å². The van der Waals surface area contributed by atoms with E-state index in [9.17, 15) is 0 Å². The van der Waals surface area contributed by atoms with Gasteiger partial charge in [0.1, 0.15) is 17.3 Å². The first-order chi connectivity index (χ1) is 14.1. The Kier molecular flexibility index (Phi) is 6.60. The Morgan fingerprint density at radius 1 is 1.17 bits per heavy atom. The molecular weight excluding hydrogens is 408 g/mol. The van der Waals surface area contributed by atoms with Crippen LogP contribution in [0.25, 0.3) is 11.3 Å². The highest BCUT2D eigenvalue weighted by Crippen LogP contribution is 2.25. The predicted molar refractivity (Wildman–Crippen MR) is 115 cm³/mol. The van der Waals surface area contributed by atoms with E-state index in [-0.39, 0.29) is 6.10 Å². The minimum Gasteiger partial charge on any atom is -0.460 e. The van der Waals surface area contributed by atoms with Gasteiger partial charge in [0.15, 0.2) is 5.16 Å². The number of benzene rings is 1. The molecule has 0 spiro atoms. The van der Waals surface area contributed by atoms with E-state index in [4.69, 9.17) is 20.8 Å². The summed E-state index contributed by atoms with van der Waals surface area (Å²) in [5.41, 5.74) is 1.02. The zero-order chi connectivity index (χ0) is 20.2. The number of furan rings is 1. The van der Waals surface area contributed by atoms with Crippen molar-refractivity contribution >= 4 is 23.4 Å². The number of hydrogen-bond donors (Lipinski definition) is 0. The number of halogens is 1. The predicted octanol–water partition coefficient (Wildman–Crippen LogP) is 4.72. The van der Waals surface area contributed by atoms with Crippen LogP contribution < -0.4 is 0 Å². The first kappa shape index (κ1) is 20.5. The summed E-state index contributed by atoms with van der Waals surface area (Å²) in [5, 5.41) is 10.4. The Balaban J connectivity index is 1.41. The molecule has 3 heterocycles. The molecule has 1 unspecified atom stereocenters. The fourth-order valence-electron chi connectivity index (χ4n) is 3.56. The Labute approximate surface area is 180 Å². The molecule has 29 heavy (non-hydrogen) atoms. The molecule has 0 bridgehead atoms. The van der Waals surface area contributed by atoms with Gasteiger partial charge in [-0.15, -0.1) is 10.2 Å². The normalized spacial score (nSPS) is 16.8. The van der Waals surface area contributed by atoms with E-state index in [1.165, 1.54) is 0 Å². The van der Waals surface area contributed by atoms with Gasteiger partial charge in [-0.2, -0.15) is 0 Å². The van der Waals surface area contributed by atoms with Crippen LogP contribution in [0.1, 0.15) is 24.4 Å². The summed E-state index contributed by atoms with van der Waals surface area (Å²) in [4.78, 5) is 2.19. The zero-order valence-electron chi connectivity index (χ0n) is 16.7. The highest BCUT2D eigenvalue weighted by atomic mass is 35.5. The third-order valence-electron chi connectivity index (χ3n) is 5.01. The van der Waals surface area contributed by atoms with Gasteiger partial charge in [-0.3, -0.25) is 4.90 Å². The van der Waals surface area contributed by atoms with Gasteiger partial charge in [-0.25, -0.2) is 0 Å². The van der Waals surface area contributed by atoms with E-state index in [2.05, 4.69) is 26.7 Å². The molecule has 1 aliphatic heterocycles. The van der Waals surface area contributed by atoms with Crippen molar-refractivity contribution in [2.75, 3.05) is 19.9 Å². The van der Waals surface area contributed by atoms with Gasteiger partial charge < -0.3 is 13.7 Å². The molecule has 0 saturated carbocycles. The van der Waals surface area contributed by atoms with Crippen molar-refractivity contribution in [1.82, 2.24) is 19.7 Å². The van der Waals surface area contributed by atoms with Crippen LogP contribution in [0.3, 0.4) is 0 Å². The van der Waals surface area contributed by atoms with E-state index in [1.807, 2.05) is 42.7 Å². The Morgan fingerprint density at radius 3 is 2.72 bits per heavy atom. The fraction of sp³-hybridized carbons (Fsp3) is 0.429. The lowest BCUT2D eigenvalue weighted by Crippen LogP contribution is -2.23. The molecule has 0 aliphatic carbocycles. The minimum absolute atomic E-state index is 0.257. The maximum Gasteiger partial charge on any atom is 0.191 e. The van der Waals surface area contributed by atoms with Crippen molar-refractivity contribution in [3.8, 4) is 11.3 Å². The molecule has 1 saturated heterocycles. The average molecular weight is 433 g/mol. The van der Waals surface area contributed by atoms with Crippen molar-refractivity contribution in [1.29, 1.82) is 0 Å². The van der Waals surface area contributed by atoms with E-state index in [1.54, 1.807) is 11.8 Å². The van der Waals surface area contributed by atoms with E-state index < -0.39 is 0 Å². The molecule has 1 atom stereocenters. The molecule has 3 aromatic rings. The van der Waals surface area contributed by atoms with Crippen LogP contribution in [0.4, 0.5) is 0 Å². The number of thioether (sulfide) groups is 1. The molecular formula is C21H25ClN4O2S. The molecule has 0 amide bonds. The lowest BCUT2D eigenvalue weighted by Gasteiger charge is -2.18. The van der Waals surface area contributed by atoms with Crippen molar-refractivity contribution in [2.24, 2.45) is 0 Å². The van der Waals surface area contributed by atoms with Crippen molar-refractivity contribution in [3.05, 3.63) is 53.0 Å². The Hall–Kier alpha value is -1.80. The van der Waals surface area contributed by atoms with Gasteiger partial charge >= 0.3 is 0 Å². The topological polar surface area (TPSA) is 56.3 Å². The van der Waals surface area contributed by atoms with Gasteiger partial charge in [0.25, 0.3) is 0 Å². The molecule has 8 heteroatoms. The van der Waals surface area contributed by atoms with Crippen LogP contribution >= 0.6 is 23.4 Å². The molecule has 6 nitrogen and oxygen atoms in total. The third kappa shape index (κ3) is 5.04. The lowest BCUT2D eigenvalue weighted by atomic mass is 10.2. The second kappa shape index (κ2) is 9.34. The molecule has 1 aliphatic rings. The monoisotopic (exact) mass is 432 g/mol. The van der Waals surface area contributed by atoms with E-state index in [0.29, 0.717) is 13.1 Å². The highest BCUT2D eigenvalue weighted by molar-refractivity contribution is 7.98. The summed E-state index contributed by atoms with van der Waals surface area (Å²) in [6, 6.07) is 11.7. The number of ether oxygens (including phenoxy) is 1. The van der Waals surface area contributed by atoms with Crippen LogP contribution in [-0.2, 0) is 24.4 Å². The maximum atomic E-state index is 6.03. The standard InChI is InChI=1S/C21H25ClN4O2S/c1-25(12-18-9-10-19(28-18)15-5-7-16(22)8-6-15)14-20-23-24-21(29-2)26(20)13-17-4-3-11-27-17/h5-10,17H,3-4,11-14H2,1-2H3. The summed E-state index contributed by atoms with van der Waals surface area (Å²) in [7, 11) is 2.06. The van der Waals surface area contributed by atoms with Crippen molar-refractivity contribution in [2.45, 2.75) is 43.7 Å². The summed E-state index contributed by atoms with van der Waals surface area (Å²) < 4.78 is 14.0. The van der Waals surface area contributed by atoms with E-state index >= 15 is 0 Å². The molecule has 1 aromatic carbocycles. The number of aromatic nitrogens is 3. The Morgan fingerprint density at radius 2 is 2.00 bits per heavy atom. The number of nitrogens with zero attached hydrogens (tertiary/aromatic N) is 4. The molecule has 4 rings (SSSR count). The average Bonchev–Trinajstić information content (AvgIpc) is 3.46. The van der Waals surface area contributed by atoms with Crippen LogP contribution in [0.2, 0.25) is 5.02 Å². The molecule has 0 radical (unpaired) electrons. The van der Waals surface area contributed by atoms with Gasteiger partial charge in [0, 0.05) is 17.2 Å². The minimum atomic E-state index is 0.257. The number of hydrogen-bond acceptors (Lipinski definition) is 6. The van der Waals surface area contributed by atoms with Gasteiger partial charge in [0.2, 0.25) is 0 Å². The molecule has 1 fully saturated rings. The molecule has 0 N–H and O–H groups in total. The smallest absolute Gasteiger partial charge is 0.191 e. The van der Waals surface area contributed by atoms with Crippen LogP contribution in [0.5, 0.6) is 0 Å². The largest absolute Gasteiger partial charge is 0.460 e. The van der Waals surface area contributed by atoms with Crippen LogP contribution in [0, 0.1) is 0 Å². The lowest BCUT2D eigenvalue weighted by molar-refractivity contribution is 0.0934. The summed E-state index contributed by atoms with van der Waals surface area (Å²) >= 11 is 7.59. The Bertz CT molecular complexity index is 935.